The molecule has 3 rings (SSSR count). The maximum Gasteiger partial charge on any atom is 0.257 e. The number of carbonyl (C=O) groups excluding carboxylic acids is 1. The Morgan fingerprint density at radius 1 is 1.04 bits per heavy atom. The molecule has 0 aliphatic carbocycles. The predicted octanol–water partition coefficient (Wildman–Crippen LogP) is 5.11. The van der Waals surface area contributed by atoms with Gasteiger partial charge in [-0.05, 0) is 67.1 Å². The predicted molar refractivity (Wildman–Crippen MR) is 112 cm³/mol. The number of pyridine rings is 1. The highest BCUT2D eigenvalue weighted by molar-refractivity contribution is 6.30. The normalized spacial score (nSPS) is 10.4. The third-order valence-corrected chi connectivity index (χ3v) is 4.35. The first kappa shape index (κ1) is 18.7. The van der Waals surface area contributed by atoms with Crippen LogP contribution in [0.15, 0.2) is 60.8 Å². The largest absolute Gasteiger partial charge is 0.378 e. The molecule has 138 valence electrons. The average Bonchev–Trinajstić information content (AvgIpc) is 2.65. The Morgan fingerprint density at radius 3 is 2.37 bits per heavy atom. The molecule has 0 radical (unpaired) electrons. The summed E-state index contributed by atoms with van der Waals surface area (Å²) in [5.41, 5.74) is 4.25. The van der Waals surface area contributed by atoms with Crippen molar-refractivity contribution in [2.45, 2.75) is 6.92 Å². The number of halogens is 1. The van der Waals surface area contributed by atoms with Crippen LogP contribution >= 0.6 is 11.6 Å². The first-order valence-electron chi connectivity index (χ1n) is 8.50. The van der Waals surface area contributed by atoms with Gasteiger partial charge >= 0.3 is 0 Å². The number of aryl methyl sites for hydroxylation is 1. The molecule has 0 saturated heterocycles. The molecule has 3 aromatic rings. The third-order valence-electron chi connectivity index (χ3n) is 4.12. The number of aromatic nitrogens is 1. The fourth-order valence-corrected chi connectivity index (χ4v) is 2.78. The van der Waals surface area contributed by atoms with E-state index in [1.807, 2.05) is 68.4 Å². The molecule has 0 atom stereocenters. The first-order chi connectivity index (χ1) is 12.9. The van der Waals surface area contributed by atoms with Crippen LogP contribution in [-0.4, -0.2) is 25.0 Å². The molecule has 0 aliphatic rings. The van der Waals surface area contributed by atoms with Crippen LogP contribution in [0.25, 0.3) is 0 Å². The van der Waals surface area contributed by atoms with Crippen molar-refractivity contribution >= 4 is 40.4 Å². The van der Waals surface area contributed by atoms with Crippen LogP contribution in [0.2, 0.25) is 5.02 Å². The fraction of sp³-hybridized carbons (Fsp3) is 0.143. The zero-order valence-electron chi connectivity index (χ0n) is 15.5. The summed E-state index contributed by atoms with van der Waals surface area (Å²) in [6.45, 7) is 1.97. The molecule has 27 heavy (non-hydrogen) atoms. The van der Waals surface area contributed by atoms with E-state index in [-0.39, 0.29) is 5.91 Å². The van der Waals surface area contributed by atoms with Crippen LogP contribution in [0.3, 0.4) is 0 Å². The number of hydrogen-bond donors (Lipinski definition) is 2. The van der Waals surface area contributed by atoms with Crippen LogP contribution in [0, 0.1) is 6.92 Å². The number of carbonyl (C=O) groups is 1. The summed E-state index contributed by atoms with van der Waals surface area (Å²) < 4.78 is 0. The van der Waals surface area contributed by atoms with Crippen LogP contribution < -0.4 is 15.5 Å². The Balaban J connectivity index is 1.66. The number of benzene rings is 2. The Morgan fingerprint density at radius 2 is 1.78 bits per heavy atom. The van der Waals surface area contributed by atoms with E-state index in [0.29, 0.717) is 16.4 Å². The molecule has 0 fully saturated rings. The SMILES string of the molecule is Cc1cc(Cl)ccc1Nc1ccc(C(=O)Nc2ccc(N(C)C)cc2)cn1. The topological polar surface area (TPSA) is 57.3 Å². The summed E-state index contributed by atoms with van der Waals surface area (Å²) in [6.07, 6.45) is 1.55. The second kappa shape index (κ2) is 8.10. The van der Waals surface area contributed by atoms with Crippen molar-refractivity contribution in [1.82, 2.24) is 4.98 Å². The van der Waals surface area contributed by atoms with Gasteiger partial charge in [0.25, 0.3) is 5.91 Å². The highest BCUT2D eigenvalue weighted by Crippen LogP contribution is 2.23. The van der Waals surface area contributed by atoms with Gasteiger partial charge < -0.3 is 15.5 Å². The number of rotatable bonds is 5. The zero-order chi connectivity index (χ0) is 19.4. The van der Waals surface area contributed by atoms with Gasteiger partial charge in [0.15, 0.2) is 0 Å². The van der Waals surface area contributed by atoms with E-state index in [1.165, 1.54) is 0 Å². The van der Waals surface area contributed by atoms with Gasteiger partial charge in [-0.25, -0.2) is 4.98 Å². The Labute approximate surface area is 164 Å². The molecule has 6 heteroatoms. The Kier molecular flexibility index (Phi) is 5.62. The average molecular weight is 381 g/mol. The minimum atomic E-state index is -0.200. The number of anilines is 4. The van der Waals surface area contributed by atoms with E-state index < -0.39 is 0 Å². The van der Waals surface area contributed by atoms with Crippen molar-refractivity contribution < 1.29 is 4.79 Å². The van der Waals surface area contributed by atoms with Crippen LogP contribution in [0.4, 0.5) is 22.9 Å². The van der Waals surface area contributed by atoms with Crippen molar-refractivity contribution in [3.8, 4) is 0 Å². The summed E-state index contributed by atoms with van der Waals surface area (Å²) in [5.74, 6) is 0.460. The lowest BCUT2D eigenvalue weighted by atomic mass is 10.2. The smallest absolute Gasteiger partial charge is 0.257 e. The van der Waals surface area contributed by atoms with Gasteiger partial charge in [0.2, 0.25) is 0 Å². The van der Waals surface area contributed by atoms with E-state index >= 15 is 0 Å². The quantitative estimate of drug-likeness (QED) is 0.646. The molecule has 0 spiro atoms. The van der Waals surface area contributed by atoms with Crippen molar-refractivity contribution in [1.29, 1.82) is 0 Å². The number of nitrogens with zero attached hydrogens (tertiary/aromatic N) is 2. The van der Waals surface area contributed by atoms with Gasteiger partial charge in [0, 0.05) is 42.4 Å². The van der Waals surface area contributed by atoms with Gasteiger partial charge in [-0.2, -0.15) is 0 Å². The summed E-state index contributed by atoms with van der Waals surface area (Å²) in [5, 5.41) is 6.79. The zero-order valence-corrected chi connectivity index (χ0v) is 16.2. The molecule has 0 unspecified atom stereocenters. The molecule has 1 heterocycles. The monoisotopic (exact) mass is 380 g/mol. The highest BCUT2D eigenvalue weighted by atomic mass is 35.5. The lowest BCUT2D eigenvalue weighted by molar-refractivity contribution is 0.102. The van der Waals surface area contributed by atoms with Crippen LogP contribution in [-0.2, 0) is 0 Å². The highest BCUT2D eigenvalue weighted by Gasteiger charge is 2.08. The van der Waals surface area contributed by atoms with E-state index in [2.05, 4.69) is 15.6 Å². The van der Waals surface area contributed by atoms with E-state index in [9.17, 15) is 4.79 Å². The van der Waals surface area contributed by atoms with Crippen molar-refractivity contribution in [3.63, 3.8) is 0 Å². The lowest BCUT2D eigenvalue weighted by Gasteiger charge is -2.13. The Hall–Kier alpha value is -3.05. The third kappa shape index (κ3) is 4.77. The molecule has 0 aliphatic heterocycles. The maximum absolute atomic E-state index is 12.4. The minimum absolute atomic E-state index is 0.200. The Bertz CT molecular complexity index is 937. The molecule has 2 aromatic carbocycles. The molecule has 1 amide bonds. The minimum Gasteiger partial charge on any atom is -0.378 e. The van der Waals surface area contributed by atoms with Gasteiger partial charge in [-0.15, -0.1) is 0 Å². The van der Waals surface area contributed by atoms with Crippen molar-refractivity contribution in [2.24, 2.45) is 0 Å². The summed E-state index contributed by atoms with van der Waals surface area (Å²) >= 11 is 5.98. The molecular weight excluding hydrogens is 360 g/mol. The number of hydrogen-bond acceptors (Lipinski definition) is 4. The van der Waals surface area contributed by atoms with Crippen LogP contribution in [0.5, 0.6) is 0 Å². The second-order valence-corrected chi connectivity index (χ2v) is 6.85. The molecule has 2 N–H and O–H groups in total. The number of nitrogens with one attached hydrogen (secondary N) is 2. The van der Waals surface area contributed by atoms with E-state index in [0.717, 1.165) is 22.6 Å². The van der Waals surface area contributed by atoms with Gasteiger partial charge in [0.05, 0.1) is 5.56 Å². The van der Waals surface area contributed by atoms with Crippen molar-refractivity contribution in [3.05, 3.63) is 76.9 Å². The first-order valence-corrected chi connectivity index (χ1v) is 8.88. The van der Waals surface area contributed by atoms with E-state index in [4.69, 9.17) is 11.6 Å². The van der Waals surface area contributed by atoms with Gasteiger partial charge in [0.1, 0.15) is 5.82 Å². The van der Waals surface area contributed by atoms with E-state index in [1.54, 1.807) is 18.3 Å². The van der Waals surface area contributed by atoms with Crippen molar-refractivity contribution in [2.75, 3.05) is 29.6 Å². The molecular formula is C21H21ClN4O. The lowest BCUT2D eigenvalue weighted by Crippen LogP contribution is -2.13. The second-order valence-electron chi connectivity index (χ2n) is 6.41. The fourth-order valence-electron chi connectivity index (χ4n) is 2.55. The van der Waals surface area contributed by atoms with Gasteiger partial charge in [-0.3, -0.25) is 4.79 Å². The summed E-state index contributed by atoms with van der Waals surface area (Å²) in [6, 6.07) is 16.8. The molecule has 0 bridgehead atoms. The van der Waals surface area contributed by atoms with Crippen LogP contribution in [0.1, 0.15) is 15.9 Å². The maximum atomic E-state index is 12.4. The van der Waals surface area contributed by atoms with Gasteiger partial charge in [-0.1, -0.05) is 11.6 Å². The molecule has 0 saturated carbocycles. The summed E-state index contributed by atoms with van der Waals surface area (Å²) in [4.78, 5) is 18.7. The number of amides is 1. The summed E-state index contributed by atoms with van der Waals surface area (Å²) in [7, 11) is 3.95. The molecule has 5 nitrogen and oxygen atoms in total. The standard InChI is InChI=1S/C21H21ClN4O/c1-14-12-16(22)5-10-19(14)25-20-11-4-15(13-23-20)21(27)24-17-6-8-18(9-7-17)26(2)3/h4-13H,1-3H3,(H,23,25)(H,24,27). The molecule has 1 aromatic heterocycles.